The van der Waals surface area contributed by atoms with Crippen molar-refractivity contribution in [1.82, 2.24) is 19.6 Å². The maximum absolute atomic E-state index is 11.8. The third kappa shape index (κ3) is 2.99. The van der Waals surface area contributed by atoms with Crippen LogP contribution in [0.4, 0.5) is 5.69 Å². The summed E-state index contributed by atoms with van der Waals surface area (Å²) in [5, 5.41) is 19.2. The molecule has 0 unspecified atom stereocenters. The molecule has 0 saturated heterocycles. The van der Waals surface area contributed by atoms with Gasteiger partial charge in [-0.2, -0.15) is 10.2 Å². The zero-order chi connectivity index (χ0) is 14.0. The van der Waals surface area contributed by atoms with Crippen LogP contribution in [-0.2, 0) is 18.4 Å². The first kappa shape index (κ1) is 13.3. The Hall–Kier alpha value is -2.16. The van der Waals surface area contributed by atoms with Crippen molar-refractivity contribution in [1.29, 1.82) is 0 Å². The smallest absolute Gasteiger partial charge is 0.356 e. The van der Waals surface area contributed by atoms with Gasteiger partial charge in [0.25, 0.3) is 0 Å². The normalized spacial score (nSPS) is 10.4. The lowest BCUT2D eigenvalue weighted by atomic mass is 10.3. The highest BCUT2D eigenvalue weighted by molar-refractivity contribution is 9.10. The van der Waals surface area contributed by atoms with Crippen LogP contribution in [0.5, 0.6) is 0 Å². The van der Waals surface area contributed by atoms with Crippen molar-refractivity contribution in [3.05, 3.63) is 28.8 Å². The zero-order valence-corrected chi connectivity index (χ0v) is 11.5. The van der Waals surface area contributed by atoms with Gasteiger partial charge in [-0.3, -0.25) is 14.2 Å². The average molecular weight is 328 g/mol. The third-order valence-corrected chi connectivity index (χ3v) is 2.73. The molecule has 2 heterocycles. The van der Waals surface area contributed by atoms with Crippen molar-refractivity contribution < 1.29 is 14.7 Å². The predicted molar refractivity (Wildman–Crippen MR) is 68.7 cm³/mol. The standard InChI is InChI=1S/C10H10BrN5O3/c1-15-9(10(18)19)7(3-12-15)14-8(17)5-16-4-6(11)2-13-16/h2-4H,5H2,1H3,(H,14,17)(H,18,19). The minimum absolute atomic E-state index is 0.0143. The van der Waals surface area contributed by atoms with E-state index in [2.05, 4.69) is 31.4 Å². The van der Waals surface area contributed by atoms with E-state index in [-0.39, 0.29) is 23.8 Å². The summed E-state index contributed by atoms with van der Waals surface area (Å²) in [6.07, 6.45) is 4.49. The van der Waals surface area contributed by atoms with Gasteiger partial charge in [0.2, 0.25) is 5.91 Å². The molecule has 0 radical (unpaired) electrons. The molecule has 100 valence electrons. The molecule has 0 spiro atoms. The third-order valence-electron chi connectivity index (χ3n) is 2.32. The first-order valence-electron chi connectivity index (χ1n) is 5.20. The van der Waals surface area contributed by atoms with Crippen LogP contribution >= 0.6 is 15.9 Å². The first-order chi connectivity index (χ1) is 8.97. The molecule has 9 heteroatoms. The van der Waals surface area contributed by atoms with E-state index in [9.17, 15) is 9.59 Å². The monoisotopic (exact) mass is 327 g/mol. The topological polar surface area (TPSA) is 102 Å². The largest absolute Gasteiger partial charge is 0.476 e. The van der Waals surface area contributed by atoms with E-state index in [1.807, 2.05) is 0 Å². The van der Waals surface area contributed by atoms with Crippen LogP contribution in [0.25, 0.3) is 0 Å². The van der Waals surface area contributed by atoms with Gasteiger partial charge in [0, 0.05) is 13.2 Å². The number of aromatic nitrogens is 4. The second kappa shape index (κ2) is 5.22. The minimum atomic E-state index is -1.16. The number of carbonyl (C=O) groups excluding carboxylic acids is 1. The molecule has 0 aliphatic carbocycles. The number of amides is 1. The number of nitrogens with zero attached hydrogens (tertiary/aromatic N) is 4. The zero-order valence-electron chi connectivity index (χ0n) is 9.87. The van der Waals surface area contributed by atoms with Crippen molar-refractivity contribution in [2.24, 2.45) is 7.05 Å². The van der Waals surface area contributed by atoms with E-state index in [0.717, 1.165) is 4.47 Å². The Kier molecular flexibility index (Phi) is 3.65. The van der Waals surface area contributed by atoms with E-state index < -0.39 is 5.97 Å². The SMILES string of the molecule is Cn1ncc(NC(=O)Cn2cc(Br)cn2)c1C(=O)O. The molecule has 0 fully saturated rings. The Labute approximate surface area is 116 Å². The molecular formula is C10H10BrN5O3. The summed E-state index contributed by atoms with van der Waals surface area (Å²) in [5.74, 6) is -1.54. The number of rotatable bonds is 4. The van der Waals surface area contributed by atoms with Crippen LogP contribution in [0, 0.1) is 0 Å². The molecule has 0 bridgehead atoms. The summed E-state index contributed by atoms with van der Waals surface area (Å²) in [7, 11) is 1.49. The summed E-state index contributed by atoms with van der Waals surface area (Å²) in [6.45, 7) is -0.0143. The molecule has 0 aliphatic rings. The van der Waals surface area contributed by atoms with Gasteiger partial charge < -0.3 is 10.4 Å². The molecule has 1 amide bonds. The Morgan fingerprint density at radius 1 is 1.42 bits per heavy atom. The molecule has 0 atom stereocenters. The highest BCUT2D eigenvalue weighted by Gasteiger charge is 2.17. The maximum atomic E-state index is 11.8. The van der Waals surface area contributed by atoms with Crippen LogP contribution in [-0.4, -0.2) is 36.5 Å². The van der Waals surface area contributed by atoms with Crippen molar-refractivity contribution >= 4 is 33.5 Å². The number of carboxylic acids is 1. The van der Waals surface area contributed by atoms with Gasteiger partial charge in [-0.25, -0.2) is 4.79 Å². The van der Waals surface area contributed by atoms with Crippen LogP contribution < -0.4 is 5.32 Å². The van der Waals surface area contributed by atoms with E-state index in [1.165, 1.54) is 22.6 Å². The van der Waals surface area contributed by atoms with Crippen molar-refractivity contribution in [2.45, 2.75) is 6.54 Å². The lowest BCUT2D eigenvalue weighted by Gasteiger charge is -2.04. The van der Waals surface area contributed by atoms with Gasteiger partial charge in [-0.1, -0.05) is 0 Å². The van der Waals surface area contributed by atoms with Crippen LogP contribution in [0.2, 0.25) is 0 Å². The number of carboxylic acid groups (broad SMARTS) is 1. The molecule has 0 aliphatic heterocycles. The second-order valence-corrected chi connectivity index (χ2v) is 4.66. The lowest BCUT2D eigenvalue weighted by molar-refractivity contribution is -0.116. The predicted octanol–water partition coefficient (Wildman–Crippen LogP) is 0.716. The van der Waals surface area contributed by atoms with Crippen LogP contribution in [0.3, 0.4) is 0 Å². The van der Waals surface area contributed by atoms with Gasteiger partial charge in [0.05, 0.1) is 22.6 Å². The number of hydrogen-bond acceptors (Lipinski definition) is 4. The summed E-state index contributed by atoms with van der Waals surface area (Å²) in [5.41, 5.74) is 0.0845. The molecule has 2 aromatic heterocycles. The highest BCUT2D eigenvalue weighted by Crippen LogP contribution is 2.14. The molecule has 2 rings (SSSR count). The van der Waals surface area contributed by atoms with E-state index in [4.69, 9.17) is 5.11 Å². The highest BCUT2D eigenvalue weighted by atomic mass is 79.9. The van der Waals surface area contributed by atoms with E-state index >= 15 is 0 Å². The van der Waals surface area contributed by atoms with Gasteiger partial charge in [0.15, 0.2) is 5.69 Å². The Morgan fingerprint density at radius 3 is 2.74 bits per heavy atom. The van der Waals surface area contributed by atoms with Gasteiger partial charge >= 0.3 is 5.97 Å². The summed E-state index contributed by atoms with van der Waals surface area (Å²) in [6, 6.07) is 0. The fourth-order valence-corrected chi connectivity index (χ4v) is 1.87. The van der Waals surface area contributed by atoms with Crippen molar-refractivity contribution in [3.8, 4) is 0 Å². The molecule has 8 nitrogen and oxygen atoms in total. The Morgan fingerprint density at radius 2 is 2.16 bits per heavy atom. The number of aryl methyl sites for hydroxylation is 1. The molecular weight excluding hydrogens is 318 g/mol. The summed E-state index contributed by atoms with van der Waals surface area (Å²) < 4.78 is 3.37. The maximum Gasteiger partial charge on any atom is 0.356 e. The summed E-state index contributed by atoms with van der Waals surface area (Å²) in [4.78, 5) is 22.8. The number of hydrogen-bond donors (Lipinski definition) is 2. The average Bonchev–Trinajstić information content (AvgIpc) is 2.85. The number of nitrogens with one attached hydrogen (secondary N) is 1. The number of aromatic carboxylic acids is 1. The Bertz CT molecular complexity index is 633. The quantitative estimate of drug-likeness (QED) is 0.861. The Balaban J connectivity index is 2.09. The van der Waals surface area contributed by atoms with Crippen LogP contribution in [0.15, 0.2) is 23.1 Å². The second-order valence-electron chi connectivity index (χ2n) is 3.74. The van der Waals surface area contributed by atoms with Crippen molar-refractivity contribution in [2.75, 3.05) is 5.32 Å². The lowest BCUT2D eigenvalue weighted by Crippen LogP contribution is -2.20. The molecule has 0 saturated carbocycles. The fourth-order valence-electron chi connectivity index (χ4n) is 1.54. The molecule has 2 aromatic rings. The summed E-state index contributed by atoms with van der Waals surface area (Å²) >= 11 is 3.22. The number of halogens is 1. The first-order valence-corrected chi connectivity index (χ1v) is 6.00. The van der Waals surface area contributed by atoms with Gasteiger partial charge in [0.1, 0.15) is 6.54 Å². The minimum Gasteiger partial charge on any atom is -0.476 e. The van der Waals surface area contributed by atoms with Crippen LogP contribution in [0.1, 0.15) is 10.5 Å². The van der Waals surface area contributed by atoms with E-state index in [1.54, 1.807) is 12.4 Å². The van der Waals surface area contributed by atoms with E-state index in [0.29, 0.717) is 0 Å². The number of carbonyl (C=O) groups is 2. The fraction of sp³-hybridized carbons (Fsp3) is 0.200. The molecule has 0 aromatic carbocycles. The molecule has 2 N–H and O–H groups in total. The molecule has 19 heavy (non-hydrogen) atoms. The number of anilines is 1. The van der Waals surface area contributed by atoms with Crippen molar-refractivity contribution in [3.63, 3.8) is 0 Å². The van der Waals surface area contributed by atoms with Gasteiger partial charge in [-0.15, -0.1) is 0 Å². The van der Waals surface area contributed by atoms with Gasteiger partial charge in [-0.05, 0) is 15.9 Å².